The van der Waals surface area contributed by atoms with E-state index in [1.165, 1.54) is 6.07 Å². The molecule has 0 bridgehead atoms. The van der Waals surface area contributed by atoms with Crippen molar-refractivity contribution in [1.82, 2.24) is 25.2 Å². The minimum atomic E-state index is -4.32. The summed E-state index contributed by atoms with van der Waals surface area (Å²) in [6, 6.07) is 4.56. The van der Waals surface area contributed by atoms with E-state index in [9.17, 15) is 27.6 Å². The van der Waals surface area contributed by atoms with E-state index in [1.807, 2.05) is 41.5 Å². The molecule has 12 nitrogen and oxygen atoms in total. The summed E-state index contributed by atoms with van der Waals surface area (Å²) >= 11 is 0. The lowest BCUT2D eigenvalue weighted by Crippen LogP contribution is -2.55. The number of likely N-dealkylation sites (tertiary alicyclic amines) is 1. The molecule has 2 heterocycles. The zero-order valence-corrected chi connectivity index (χ0v) is 37.8. The zero-order chi connectivity index (χ0) is 43.8. The van der Waals surface area contributed by atoms with E-state index in [4.69, 9.17) is 0 Å². The molecular formula is C47H67N5O7S. The number of aromatic amines is 1. The number of fused-ring (bicyclic) bond motifs is 2. The van der Waals surface area contributed by atoms with Gasteiger partial charge in [-0.3, -0.25) is 19.2 Å². The topological polar surface area (TPSA) is 175 Å². The molecule has 328 valence electrons. The number of sulfonamides is 1. The molecule has 4 saturated carbocycles. The lowest BCUT2D eigenvalue weighted by atomic mass is 9.73. The van der Waals surface area contributed by atoms with Crippen molar-refractivity contribution in [3.05, 3.63) is 43.1 Å². The van der Waals surface area contributed by atoms with Gasteiger partial charge in [0, 0.05) is 47.8 Å². The molecule has 2 spiro atoms. The summed E-state index contributed by atoms with van der Waals surface area (Å²) < 4.78 is 29.8. The van der Waals surface area contributed by atoms with Crippen LogP contribution in [0.2, 0.25) is 0 Å². The highest BCUT2D eigenvalue weighted by Crippen LogP contribution is 2.88. The molecule has 13 heteroatoms. The number of ketones is 2. The summed E-state index contributed by atoms with van der Waals surface area (Å²) in [6.07, 6.45) is 11.4. The maximum absolute atomic E-state index is 15.3. The van der Waals surface area contributed by atoms with Gasteiger partial charge in [-0.25, -0.2) is 17.9 Å². The Balaban J connectivity index is 1.17. The fraction of sp³-hybridized carbons (Fsp3) is 0.681. The molecule has 5 aliphatic rings. The third kappa shape index (κ3) is 7.42. The smallest absolute Gasteiger partial charge is 0.315 e. The molecule has 4 N–H and O–H groups in total. The van der Waals surface area contributed by atoms with Crippen LogP contribution in [-0.2, 0) is 29.2 Å². The van der Waals surface area contributed by atoms with Crippen molar-refractivity contribution >= 4 is 50.3 Å². The van der Waals surface area contributed by atoms with Gasteiger partial charge in [-0.15, -0.1) is 6.58 Å². The Morgan fingerprint density at radius 2 is 1.63 bits per heavy atom. The van der Waals surface area contributed by atoms with E-state index in [1.54, 1.807) is 35.4 Å². The van der Waals surface area contributed by atoms with Gasteiger partial charge in [0.15, 0.2) is 11.6 Å². The fourth-order valence-electron chi connectivity index (χ4n) is 12.0. The normalized spacial score (nSPS) is 28.1. The van der Waals surface area contributed by atoms with E-state index >= 15 is 4.79 Å². The molecule has 60 heavy (non-hydrogen) atoms. The van der Waals surface area contributed by atoms with E-state index in [0.717, 1.165) is 51.4 Å². The van der Waals surface area contributed by atoms with Crippen LogP contribution < -0.4 is 15.4 Å². The number of Topliss-reactive ketones (excluding diaryl/α,β-unsaturated/α-hetero) is 2. The molecule has 1 saturated heterocycles. The van der Waals surface area contributed by atoms with Gasteiger partial charge in [-0.1, -0.05) is 78.5 Å². The number of carbonyl (C=O) groups excluding carboxylic acids is 5. The van der Waals surface area contributed by atoms with Crippen molar-refractivity contribution in [3.8, 4) is 0 Å². The third-order valence-electron chi connectivity index (χ3n) is 15.9. The predicted octanol–water partition coefficient (Wildman–Crippen LogP) is 7.59. The first-order chi connectivity index (χ1) is 27.9. The molecule has 4 amide bonds. The summed E-state index contributed by atoms with van der Waals surface area (Å²) in [6.45, 7) is 20.3. The molecule has 0 unspecified atom stereocenters. The monoisotopic (exact) mass is 845 g/mol. The Labute approximate surface area is 356 Å². The Morgan fingerprint density at radius 3 is 2.20 bits per heavy atom. The highest BCUT2D eigenvalue weighted by atomic mass is 32.2. The minimum Gasteiger partial charge on any atom is -0.360 e. The molecule has 6 atom stereocenters. The van der Waals surface area contributed by atoms with Gasteiger partial charge in [0.25, 0.3) is 10.0 Å². The van der Waals surface area contributed by atoms with Crippen molar-refractivity contribution in [2.45, 2.75) is 155 Å². The van der Waals surface area contributed by atoms with Gasteiger partial charge >= 0.3 is 6.03 Å². The molecule has 4 aliphatic carbocycles. The number of benzene rings is 1. The second-order valence-electron chi connectivity index (χ2n) is 21.6. The largest absolute Gasteiger partial charge is 0.360 e. The van der Waals surface area contributed by atoms with Crippen LogP contribution >= 0.6 is 0 Å². The lowest BCUT2D eigenvalue weighted by molar-refractivity contribution is -0.146. The van der Waals surface area contributed by atoms with Crippen LogP contribution in [0.5, 0.6) is 0 Å². The Morgan fingerprint density at radius 1 is 0.950 bits per heavy atom. The molecule has 1 aromatic heterocycles. The Kier molecular flexibility index (Phi) is 11.1. The first-order valence-corrected chi connectivity index (χ1v) is 23.6. The number of allylic oxidation sites excluding steroid dienone is 1. The molecule has 2 aromatic rings. The van der Waals surface area contributed by atoms with Crippen LogP contribution in [0.3, 0.4) is 0 Å². The average Bonchev–Trinajstić information content (AvgIpc) is 3.66. The summed E-state index contributed by atoms with van der Waals surface area (Å²) in [5.74, 6) is -2.73. The van der Waals surface area contributed by atoms with Crippen LogP contribution in [0.4, 0.5) is 4.79 Å². The SMILES string of the molecule is C=C[C@@H]1C[C@]1(CC(=O)[C@@H]1C[C@@]2(CN1C(=O)[C@@H](CC(=O)[C@@H](NC(=O)NC(C)(C)C)C1CCCCC1)C(C)(C)C)C(C)(C)C21CCC1)C(=O)NS(=O)(=O)c1cccc2cc[nH]c12. The number of urea groups is 1. The average molecular weight is 846 g/mol. The third-order valence-corrected chi connectivity index (χ3v) is 17.3. The molecular weight excluding hydrogens is 779 g/mol. The predicted molar refractivity (Wildman–Crippen MR) is 231 cm³/mol. The van der Waals surface area contributed by atoms with Crippen LogP contribution in [0.25, 0.3) is 10.9 Å². The summed E-state index contributed by atoms with van der Waals surface area (Å²) in [4.78, 5) is 76.9. The standard InChI is InChI=1S/C47H67N5O7S/c1-10-31-25-45(31,40(56)51-60(58,59)36-19-14-18-30-20-23-48-38(30)36)27-35(54)33-26-47(44(8,9)46(47)21-15-22-46)28-52(33)39(55)32(42(2,3)4)24-34(53)37(29-16-12-11-13-17-29)49-41(57)50-43(5,6)7/h10,14,18-20,23,29,31-33,37,48H,1,11-13,15-17,21-22,24-28H2,2-9H3,(H,51,56)(H2,49,50,57)/t31-,32-,33+,37+,45-,47-/m1/s1. The van der Waals surface area contributed by atoms with Gasteiger partial charge in [-0.05, 0) is 99.5 Å². The number of nitrogens with one attached hydrogen (secondary N) is 4. The number of amides is 4. The van der Waals surface area contributed by atoms with Crippen molar-refractivity contribution < 1.29 is 32.4 Å². The minimum absolute atomic E-state index is 0.00221. The van der Waals surface area contributed by atoms with E-state index in [0.29, 0.717) is 23.9 Å². The van der Waals surface area contributed by atoms with Crippen LogP contribution in [0, 0.1) is 44.8 Å². The molecule has 1 aliphatic heterocycles. The van der Waals surface area contributed by atoms with Gasteiger partial charge < -0.3 is 20.5 Å². The van der Waals surface area contributed by atoms with Crippen molar-refractivity contribution in [3.63, 3.8) is 0 Å². The summed E-state index contributed by atoms with van der Waals surface area (Å²) in [7, 11) is -4.32. The molecule has 5 fully saturated rings. The van der Waals surface area contributed by atoms with E-state index in [2.05, 4.69) is 40.8 Å². The Bertz CT molecular complexity index is 2190. The molecule has 1 aromatic carbocycles. The number of hydrogen-bond acceptors (Lipinski definition) is 7. The maximum atomic E-state index is 15.3. The van der Waals surface area contributed by atoms with Crippen LogP contribution in [0.1, 0.15) is 132 Å². The number of rotatable bonds is 13. The zero-order valence-electron chi connectivity index (χ0n) is 37.0. The van der Waals surface area contributed by atoms with Crippen molar-refractivity contribution in [2.24, 2.45) is 44.8 Å². The second-order valence-corrected chi connectivity index (χ2v) is 23.3. The summed E-state index contributed by atoms with van der Waals surface area (Å²) in [5.41, 5.74) is -2.56. The number of carbonyl (C=O) groups is 5. The molecule has 0 radical (unpaired) electrons. The van der Waals surface area contributed by atoms with Crippen LogP contribution in [0.15, 0.2) is 48.0 Å². The number of nitrogens with zero attached hydrogens (tertiary/aromatic N) is 1. The number of hydrogen-bond donors (Lipinski definition) is 4. The first kappa shape index (κ1) is 44.1. The van der Waals surface area contributed by atoms with Crippen LogP contribution in [-0.4, -0.2) is 71.9 Å². The number of aromatic nitrogens is 1. The Hall–Kier alpha value is -4.00. The van der Waals surface area contributed by atoms with Crippen molar-refractivity contribution in [1.29, 1.82) is 0 Å². The molecule has 7 rings (SSSR count). The maximum Gasteiger partial charge on any atom is 0.315 e. The van der Waals surface area contributed by atoms with E-state index in [-0.39, 0.29) is 63.8 Å². The first-order valence-electron chi connectivity index (χ1n) is 22.1. The van der Waals surface area contributed by atoms with Crippen molar-refractivity contribution in [2.75, 3.05) is 6.54 Å². The van der Waals surface area contributed by atoms with Gasteiger partial charge in [0.2, 0.25) is 11.8 Å². The quantitative estimate of drug-likeness (QED) is 0.150. The highest BCUT2D eigenvalue weighted by Gasteiger charge is 2.85. The second kappa shape index (κ2) is 15.1. The van der Waals surface area contributed by atoms with Gasteiger partial charge in [0.1, 0.15) is 4.90 Å². The number of H-pyrrole nitrogens is 1. The van der Waals surface area contributed by atoms with Gasteiger partial charge in [0.05, 0.1) is 23.0 Å². The fourth-order valence-corrected chi connectivity index (χ4v) is 13.3. The van der Waals surface area contributed by atoms with Gasteiger partial charge in [-0.2, -0.15) is 0 Å². The lowest BCUT2D eigenvalue weighted by Gasteiger charge is -2.37. The summed E-state index contributed by atoms with van der Waals surface area (Å²) in [5, 5.41) is 6.63. The highest BCUT2D eigenvalue weighted by molar-refractivity contribution is 7.90. The number of para-hydroxylation sites is 1. The van der Waals surface area contributed by atoms with E-state index < -0.39 is 62.2 Å².